The minimum atomic E-state index is -0.0261. The number of benzene rings is 2. The Morgan fingerprint density at radius 1 is 1.13 bits per heavy atom. The fourth-order valence-corrected chi connectivity index (χ4v) is 3.34. The predicted octanol–water partition coefficient (Wildman–Crippen LogP) is 5.38. The predicted molar refractivity (Wildman–Crippen MR) is 92.5 cm³/mol. The molecule has 4 aromatic rings. The summed E-state index contributed by atoms with van der Waals surface area (Å²) >= 11 is 6.15. The van der Waals surface area contributed by atoms with Crippen molar-refractivity contribution in [1.29, 1.82) is 0 Å². The SMILES string of the molecule is Cc1cc(Cl)cc2c(-c3[nH]c4ccccc4c3N=O)c(O)[nH]c12. The van der Waals surface area contributed by atoms with E-state index in [-0.39, 0.29) is 11.6 Å². The summed E-state index contributed by atoms with van der Waals surface area (Å²) in [5.74, 6) is -0.0261. The third-order valence-electron chi connectivity index (χ3n) is 4.07. The summed E-state index contributed by atoms with van der Waals surface area (Å²) in [5.41, 5.74) is 3.71. The largest absolute Gasteiger partial charge is 0.494 e. The second kappa shape index (κ2) is 4.86. The fourth-order valence-electron chi connectivity index (χ4n) is 3.07. The number of fused-ring (bicyclic) bond motifs is 2. The van der Waals surface area contributed by atoms with Crippen molar-refractivity contribution in [2.45, 2.75) is 6.92 Å². The van der Waals surface area contributed by atoms with Crippen LogP contribution in [0.5, 0.6) is 5.88 Å². The molecule has 0 unspecified atom stereocenters. The van der Waals surface area contributed by atoms with Gasteiger partial charge in [-0.05, 0) is 35.9 Å². The molecule has 0 spiro atoms. The van der Waals surface area contributed by atoms with Gasteiger partial charge < -0.3 is 15.1 Å². The molecular weight excluding hydrogens is 314 g/mol. The van der Waals surface area contributed by atoms with E-state index in [0.29, 0.717) is 21.7 Å². The highest BCUT2D eigenvalue weighted by atomic mass is 35.5. The first-order valence-electron chi connectivity index (χ1n) is 7.05. The maximum atomic E-state index is 11.4. The average Bonchev–Trinajstić information content (AvgIpc) is 3.04. The number of H-pyrrole nitrogens is 2. The highest BCUT2D eigenvalue weighted by Gasteiger charge is 2.21. The number of hydrogen-bond donors (Lipinski definition) is 3. The van der Waals surface area contributed by atoms with Crippen molar-refractivity contribution in [3.63, 3.8) is 0 Å². The molecular formula is C17H12ClN3O2. The number of aromatic hydroxyl groups is 1. The third-order valence-corrected chi connectivity index (χ3v) is 4.29. The molecule has 2 aromatic carbocycles. The maximum absolute atomic E-state index is 11.4. The number of aromatic nitrogens is 2. The molecule has 2 heterocycles. The number of aryl methyl sites for hydroxylation is 1. The lowest BCUT2D eigenvalue weighted by Gasteiger charge is -2.01. The molecule has 0 radical (unpaired) electrons. The van der Waals surface area contributed by atoms with Crippen LogP contribution in [-0.4, -0.2) is 15.1 Å². The van der Waals surface area contributed by atoms with Crippen LogP contribution in [0, 0.1) is 11.8 Å². The first-order chi connectivity index (χ1) is 11.1. The Labute approximate surface area is 135 Å². The minimum absolute atomic E-state index is 0.0261. The van der Waals surface area contributed by atoms with Crippen molar-refractivity contribution in [1.82, 2.24) is 9.97 Å². The van der Waals surface area contributed by atoms with Crippen molar-refractivity contribution < 1.29 is 5.11 Å². The van der Waals surface area contributed by atoms with Crippen LogP contribution in [0.3, 0.4) is 0 Å². The zero-order chi connectivity index (χ0) is 16.1. The molecule has 4 rings (SSSR count). The molecule has 6 heteroatoms. The Bertz CT molecular complexity index is 1080. The number of hydrogen-bond acceptors (Lipinski definition) is 3. The minimum Gasteiger partial charge on any atom is -0.494 e. The Morgan fingerprint density at radius 3 is 2.70 bits per heavy atom. The van der Waals surface area contributed by atoms with Gasteiger partial charge in [-0.2, -0.15) is 0 Å². The first kappa shape index (κ1) is 13.8. The lowest BCUT2D eigenvalue weighted by atomic mass is 10.1. The molecule has 0 aliphatic heterocycles. The zero-order valence-electron chi connectivity index (χ0n) is 12.1. The van der Waals surface area contributed by atoms with Crippen LogP contribution in [0.25, 0.3) is 33.1 Å². The standard InChI is InChI=1S/C17H12ClN3O2/c1-8-6-9(18)7-11-13(17(22)20-14(8)11)16-15(21-23)10-4-2-3-5-12(10)19-16/h2-7,19-20,22H,1H3. The molecule has 0 aliphatic rings. The quantitative estimate of drug-likeness (QED) is 0.432. The molecule has 0 saturated heterocycles. The van der Waals surface area contributed by atoms with Gasteiger partial charge in [0.15, 0.2) is 5.88 Å². The van der Waals surface area contributed by atoms with Gasteiger partial charge in [0.2, 0.25) is 0 Å². The summed E-state index contributed by atoms with van der Waals surface area (Å²) in [7, 11) is 0. The molecule has 0 fully saturated rings. The van der Waals surface area contributed by atoms with Crippen molar-refractivity contribution in [3.8, 4) is 17.1 Å². The van der Waals surface area contributed by atoms with E-state index in [2.05, 4.69) is 15.1 Å². The van der Waals surface area contributed by atoms with Crippen LogP contribution >= 0.6 is 11.6 Å². The van der Waals surface area contributed by atoms with Crippen molar-refractivity contribution in [2.24, 2.45) is 5.18 Å². The summed E-state index contributed by atoms with van der Waals surface area (Å²) in [6, 6.07) is 11.0. The number of para-hydroxylation sites is 1. The number of aromatic amines is 2. The van der Waals surface area contributed by atoms with E-state index in [9.17, 15) is 10.0 Å². The Morgan fingerprint density at radius 2 is 1.91 bits per heavy atom. The second-order valence-corrected chi connectivity index (χ2v) is 5.92. The van der Waals surface area contributed by atoms with Crippen LogP contribution in [0.1, 0.15) is 5.56 Å². The lowest BCUT2D eigenvalue weighted by molar-refractivity contribution is 0.460. The van der Waals surface area contributed by atoms with Crippen LogP contribution in [0.2, 0.25) is 5.02 Å². The summed E-state index contributed by atoms with van der Waals surface area (Å²) in [6.07, 6.45) is 0. The third kappa shape index (κ3) is 1.94. The normalized spacial score (nSPS) is 11.4. The van der Waals surface area contributed by atoms with Crippen molar-refractivity contribution in [2.75, 3.05) is 0 Å². The smallest absolute Gasteiger partial charge is 0.199 e. The van der Waals surface area contributed by atoms with E-state index < -0.39 is 0 Å². The van der Waals surface area contributed by atoms with E-state index in [4.69, 9.17) is 11.6 Å². The van der Waals surface area contributed by atoms with Crippen molar-refractivity contribution in [3.05, 3.63) is 51.9 Å². The first-order valence-corrected chi connectivity index (χ1v) is 7.43. The van der Waals surface area contributed by atoms with Crippen LogP contribution < -0.4 is 0 Å². The molecule has 23 heavy (non-hydrogen) atoms. The molecule has 0 bridgehead atoms. The van der Waals surface area contributed by atoms with Gasteiger partial charge in [0.1, 0.15) is 5.69 Å². The molecule has 114 valence electrons. The Balaban J connectivity index is 2.15. The highest BCUT2D eigenvalue weighted by molar-refractivity contribution is 6.31. The van der Waals surface area contributed by atoms with E-state index in [0.717, 1.165) is 22.0 Å². The molecule has 0 saturated carbocycles. The van der Waals surface area contributed by atoms with Crippen LogP contribution in [0.15, 0.2) is 41.6 Å². The number of rotatable bonds is 2. The summed E-state index contributed by atoms with van der Waals surface area (Å²) in [6.45, 7) is 1.90. The van der Waals surface area contributed by atoms with Gasteiger partial charge in [0.05, 0.1) is 16.8 Å². The molecule has 0 amide bonds. The number of nitrogens with one attached hydrogen (secondary N) is 2. The topological polar surface area (TPSA) is 81.2 Å². The summed E-state index contributed by atoms with van der Waals surface area (Å²) in [5, 5.41) is 15.6. The number of halogens is 1. The Kier molecular flexibility index (Phi) is 2.92. The van der Waals surface area contributed by atoms with E-state index >= 15 is 0 Å². The summed E-state index contributed by atoms with van der Waals surface area (Å²) in [4.78, 5) is 17.5. The van der Waals surface area contributed by atoms with Gasteiger partial charge >= 0.3 is 0 Å². The number of nitroso groups, excluding NO2 is 1. The van der Waals surface area contributed by atoms with Gasteiger partial charge in [0, 0.05) is 21.3 Å². The van der Waals surface area contributed by atoms with E-state index in [1.54, 1.807) is 6.07 Å². The lowest BCUT2D eigenvalue weighted by Crippen LogP contribution is -1.79. The highest BCUT2D eigenvalue weighted by Crippen LogP contribution is 2.45. The van der Waals surface area contributed by atoms with Gasteiger partial charge in [-0.3, -0.25) is 0 Å². The molecule has 2 aromatic heterocycles. The maximum Gasteiger partial charge on any atom is 0.199 e. The monoisotopic (exact) mass is 325 g/mol. The number of nitrogens with zero attached hydrogens (tertiary/aromatic N) is 1. The Hall–Kier alpha value is -2.79. The average molecular weight is 326 g/mol. The van der Waals surface area contributed by atoms with Crippen molar-refractivity contribution >= 4 is 39.1 Å². The second-order valence-electron chi connectivity index (χ2n) is 5.48. The van der Waals surface area contributed by atoms with Gasteiger partial charge in [0.25, 0.3) is 0 Å². The van der Waals surface area contributed by atoms with Crippen LogP contribution in [0.4, 0.5) is 5.69 Å². The molecule has 3 N–H and O–H groups in total. The summed E-state index contributed by atoms with van der Waals surface area (Å²) < 4.78 is 0. The van der Waals surface area contributed by atoms with E-state index in [1.165, 1.54) is 0 Å². The molecule has 0 atom stereocenters. The zero-order valence-corrected chi connectivity index (χ0v) is 12.9. The van der Waals surface area contributed by atoms with Gasteiger partial charge in [-0.15, -0.1) is 4.91 Å². The van der Waals surface area contributed by atoms with E-state index in [1.807, 2.05) is 37.3 Å². The fraction of sp³-hybridized carbons (Fsp3) is 0.0588. The van der Waals surface area contributed by atoms with Gasteiger partial charge in [-0.25, -0.2) is 0 Å². The molecule has 5 nitrogen and oxygen atoms in total. The van der Waals surface area contributed by atoms with Crippen LogP contribution in [-0.2, 0) is 0 Å². The van der Waals surface area contributed by atoms with Gasteiger partial charge in [-0.1, -0.05) is 29.8 Å². The molecule has 0 aliphatic carbocycles.